The number of halogens is 1. The van der Waals surface area contributed by atoms with E-state index >= 15 is 0 Å². The molecule has 0 radical (unpaired) electrons. The summed E-state index contributed by atoms with van der Waals surface area (Å²) in [5, 5.41) is 13.6. The summed E-state index contributed by atoms with van der Waals surface area (Å²) in [5.74, 6) is 0. The van der Waals surface area contributed by atoms with Crippen LogP contribution in [0.2, 0.25) is 0 Å². The Kier molecular flexibility index (Phi) is 4.26. The summed E-state index contributed by atoms with van der Waals surface area (Å²) in [6.07, 6.45) is 2.67. The zero-order valence-electron chi connectivity index (χ0n) is 12.6. The number of hydrogen-bond donors (Lipinski definition) is 0. The summed E-state index contributed by atoms with van der Waals surface area (Å²) < 4.78 is 25.7. The largest absolute Gasteiger partial charge is 0.232 e. The maximum absolute atomic E-state index is 11.6. The highest BCUT2D eigenvalue weighted by atomic mass is 79.9. The fourth-order valence-corrected chi connectivity index (χ4v) is 3.24. The van der Waals surface area contributed by atoms with Crippen LogP contribution in [0.1, 0.15) is 5.56 Å². The van der Waals surface area contributed by atoms with Gasteiger partial charge in [0.2, 0.25) is 0 Å². The Bertz CT molecular complexity index is 1030. The van der Waals surface area contributed by atoms with E-state index in [2.05, 4.69) is 27.1 Å². The van der Waals surface area contributed by atoms with Gasteiger partial charge < -0.3 is 0 Å². The highest BCUT2D eigenvalue weighted by molar-refractivity contribution is 9.10. The Labute approximate surface area is 148 Å². The van der Waals surface area contributed by atoms with Crippen molar-refractivity contribution in [2.45, 2.75) is 4.90 Å². The van der Waals surface area contributed by atoms with E-state index in [1.807, 2.05) is 24.3 Å². The second-order valence-electron chi connectivity index (χ2n) is 5.20. The number of aromatic nitrogens is 2. The first-order valence-corrected chi connectivity index (χ1v) is 9.63. The van der Waals surface area contributed by atoms with Gasteiger partial charge in [-0.2, -0.15) is 10.4 Å². The molecule has 1 aromatic heterocycles. The third-order valence-corrected chi connectivity index (χ3v) is 5.17. The van der Waals surface area contributed by atoms with Gasteiger partial charge in [0.1, 0.15) is 6.07 Å². The zero-order chi connectivity index (χ0) is 17.3. The van der Waals surface area contributed by atoms with E-state index in [0.717, 1.165) is 16.3 Å². The standard InChI is InChI=1S/C17H12BrN3O2S/c1-24(22,23)16-8-6-15(7-9-16)21-17(13(10-19)11-20-21)12-2-4-14(18)5-3-12/h2-9,11H,1H3. The lowest BCUT2D eigenvalue weighted by Crippen LogP contribution is -2.01. The van der Waals surface area contributed by atoms with Gasteiger partial charge in [0.25, 0.3) is 0 Å². The number of hydrogen-bond acceptors (Lipinski definition) is 4. The number of nitrogens with zero attached hydrogens (tertiary/aromatic N) is 3. The Hall–Kier alpha value is -2.43. The van der Waals surface area contributed by atoms with E-state index < -0.39 is 9.84 Å². The van der Waals surface area contributed by atoms with E-state index in [1.54, 1.807) is 16.8 Å². The average Bonchev–Trinajstić information content (AvgIpc) is 2.99. The summed E-state index contributed by atoms with van der Waals surface area (Å²) in [6.45, 7) is 0. The average molecular weight is 402 g/mol. The van der Waals surface area contributed by atoms with Crippen LogP contribution in [0.4, 0.5) is 0 Å². The minimum atomic E-state index is -3.26. The van der Waals surface area contributed by atoms with Gasteiger partial charge in [0.15, 0.2) is 9.84 Å². The molecule has 0 amide bonds. The maximum Gasteiger partial charge on any atom is 0.175 e. The maximum atomic E-state index is 11.6. The molecule has 0 spiro atoms. The van der Waals surface area contributed by atoms with Gasteiger partial charge in [0, 0.05) is 16.3 Å². The van der Waals surface area contributed by atoms with Crippen molar-refractivity contribution in [1.82, 2.24) is 9.78 Å². The van der Waals surface area contributed by atoms with Gasteiger partial charge in [-0.3, -0.25) is 0 Å². The van der Waals surface area contributed by atoms with Gasteiger partial charge in [-0.15, -0.1) is 0 Å². The molecule has 0 unspecified atom stereocenters. The highest BCUT2D eigenvalue weighted by Crippen LogP contribution is 2.28. The molecule has 0 fully saturated rings. The van der Waals surface area contributed by atoms with Gasteiger partial charge in [-0.05, 0) is 36.4 Å². The molecular weight excluding hydrogens is 390 g/mol. The molecule has 1 heterocycles. The topological polar surface area (TPSA) is 75.8 Å². The number of rotatable bonds is 3. The SMILES string of the molecule is CS(=O)(=O)c1ccc(-n2ncc(C#N)c2-c2ccc(Br)cc2)cc1. The lowest BCUT2D eigenvalue weighted by Gasteiger charge is -2.09. The second-order valence-corrected chi connectivity index (χ2v) is 8.13. The minimum absolute atomic E-state index is 0.240. The van der Waals surface area contributed by atoms with Crippen molar-refractivity contribution in [3.8, 4) is 23.0 Å². The zero-order valence-corrected chi connectivity index (χ0v) is 15.0. The monoisotopic (exact) mass is 401 g/mol. The minimum Gasteiger partial charge on any atom is -0.232 e. The van der Waals surface area contributed by atoms with Crippen molar-refractivity contribution in [3.63, 3.8) is 0 Å². The van der Waals surface area contributed by atoms with E-state index in [4.69, 9.17) is 0 Å². The first-order chi connectivity index (χ1) is 11.4. The number of nitriles is 1. The molecule has 0 N–H and O–H groups in total. The Morgan fingerprint density at radius 3 is 2.25 bits per heavy atom. The predicted octanol–water partition coefficient (Wildman–Crippen LogP) is 3.58. The third kappa shape index (κ3) is 3.11. The van der Waals surface area contributed by atoms with Crippen LogP contribution in [-0.4, -0.2) is 24.5 Å². The van der Waals surface area contributed by atoms with Crippen LogP contribution in [0.15, 0.2) is 64.1 Å². The molecule has 0 saturated carbocycles. The third-order valence-electron chi connectivity index (χ3n) is 3.52. The molecule has 3 rings (SSSR count). The second kappa shape index (κ2) is 6.23. The van der Waals surface area contributed by atoms with Gasteiger partial charge in [-0.1, -0.05) is 28.1 Å². The molecule has 7 heteroatoms. The van der Waals surface area contributed by atoms with E-state index in [0.29, 0.717) is 16.9 Å². The predicted molar refractivity (Wildman–Crippen MR) is 94.5 cm³/mol. The molecule has 24 heavy (non-hydrogen) atoms. The summed E-state index contributed by atoms with van der Waals surface area (Å²) in [7, 11) is -3.26. The summed E-state index contributed by atoms with van der Waals surface area (Å²) in [5.41, 5.74) is 2.64. The van der Waals surface area contributed by atoms with Crippen molar-refractivity contribution in [3.05, 3.63) is 64.8 Å². The first kappa shape index (κ1) is 16.4. The molecule has 120 valence electrons. The molecule has 0 aliphatic carbocycles. The molecule has 0 bridgehead atoms. The van der Waals surface area contributed by atoms with Crippen molar-refractivity contribution in [1.29, 1.82) is 5.26 Å². The highest BCUT2D eigenvalue weighted by Gasteiger charge is 2.15. The smallest absolute Gasteiger partial charge is 0.175 e. The molecule has 0 aliphatic heterocycles. The summed E-state index contributed by atoms with van der Waals surface area (Å²) in [6, 6.07) is 16.1. The van der Waals surface area contributed by atoms with Crippen molar-refractivity contribution in [2.75, 3.05) is 6.26 Å². The number of sulfone groups is 1. The first-order valence-electron chi connectivity index (χ1n) is 6.95. The normalized spacial score (nSPS) is 11.2. The molecule has 0 atom stereocenters. The van der Waals surface area contributed by atoms with Crippen molar-refractivity contribution < 1.29 is 8.42 Å². The van der Waals surface area contributed by atoms with Crippen LogP contribution in [0, 0.1) is 11.3 Å². The fourth-order valence-electron chi connectivity index (χ4n) is 2.35. The lowest BCUT2D eigenvalue weighted by molar-refractivity contribution is 0.602. The lowest BCUT2D eigenvalue weighted by atomic mass is 10.1. The van der Waals surface area contributed by atoms with Gasteiger partial charge in [0.05, 0.1) is 28.0 Å². The molecule has 0 aliphatic rings. The summed E-state index contributed by atoms with van der Waals surface area (Å²) >= 11 is 3.39. The Balaban J connectivity index is 2.14. The van der Waals surface area contributed by atoms with Crippen LogP contribution in [0.5, 0.6) is 0 Å². The van der Waals surface area contributed by atoms with Gasteiger partial charge in [-0.25, -0.2) is 13.1 Å². The molecular formula is C17H12BrN3O2S. The van der Waals surface area contributed by atoms with Crippen LogP contribution < -0.4 is 0 Å². The van der Waals surface area contributed by atoms with Crippen LogP contribution >= 0.6 is 15.9 Å². The Morgan fingerprint density at radius 2 is 1.71 bits per heavy atom. The van der Waals surface area contributed by atoms with E-state index in [-0.39, 0.29) is 4.90 Å². The summed E-state index contributed by atoms with van der Waals surface area (Å²) in [4.78, 5) is 0.240. The van der Waals surface area contributed by atoms with E-state index in [9.17, 15) is 13.7 Å². The van der Waals surface area contributed by atoms with Crippen molar-refractivity contribution >= 4 is 25.8 Å². The molecule has 5 nitrogen and oxygen atoms in total. The number of benzene rings is 2. The van der Waals surface area contributed by atoms with Crippen LogP contribution in [0.3, 0.4) is 0 Å². The fraction of sp³-hybridized carbons (Fsp3) is 0.0588. The Morgan fingerprint density at radius 1 is 1.08 bits per heavy atom. The van der Waals surface area contributed by atoms with Crippen LogP contribution in [-0.2, 0) is 9.84 Å². The quantitative estimate of drug-likeness (QED) is 0.671. The van der Waals surface area contributed by atoms with E-state index in [1.165, 1.54) is 18.3 Å². The van der Waals surface area contributed by atoms with Crippen molar-refractivity contribution in [2.24, 2.45) is 0 Å². The van der Waals surface area contributed by atoms with Gasteiger partial charge >= 0.3 is 0 Å². The van der Waals surface area contributed by atoms with Crippen LogP contribution in [0.25, 0.3) is 16.9 Å². The molecule has 0 saturated heterocycles. The molecule has 2 aromatic carbocycles. The molecule has 3 aromatic rings.